The molecule has 0 saturated heterocycles. The zero-order chi connectivity index (χ0) is 11.6. The summed E-state index contributed by atoms with van der Waals surface area (Å²) in [5, 5.41) is 3.22. The third-order valence-corrected chi connectivity index (χ3v) is 2.05. The fourth-order valence-electron chi connectivity index (χ4n) is 1.22. The first-order valence-corrected chi connectivity index (χ1v) is 5.73. The maximum atomic E-state index is 5.46. The smallest absolute Gasteiger partial charge is 0.137 e. The first-order valence-electron chi connectivity index (χ1n) is 5.73. The molecule has 0 bridgehead atoms. The summed E-state index contributed by atoms with van der Waals surface area (Å²) in [6, 6.07) is 3.91. The highest BCUT2D eigenvalue weighted by atomic mass is 16.5. The van der Waals surface area contributed by atoms with Gasteiger partial charge in [-0.25, -0.2) is 0 Å². The Bertz CT molecular complexity index is 275. The van der Waals surface area contributed by atoms with Crippen molar-refractivity contribution in [3.05, 3.63) is 24.0 Å². The quantitative estimate of drug-likeness (QED) is 0.681. The maximum absolute atomic E-state index is 5.46. The Morgan fingerprint density at radius 3 is 2.75 bits per heavy atom. The second kappa shape index (κ2) is 8.07. The van der Waals surface area contributed by atoms with Crippen molar-refractivity contribution in [2.45, 2.75) is 20.4 Å². The summed E-state index contributed by atoms with van der Waals surface area (Å²) in [5.41, 5.74) is 1.03. The van der Waals surface area contributed by atoms with Crippen LogP contribution in [0.2, 0.25) is 0 Å². The standard InChI is InChI=1S/C12H20N2O2/c1-3-13-9-11-5-6-12(10-14-11)16-8-7-15-4-2/h5-6,10,13H,3-4,7-9H2,1-2H3. The van der Waals surface area contributed by atoms with Gasteiger partial charge in [0, 0.05) is 13.2 Å². The molecular formula is C12H20N2O2. The molecule has 0 aliphatic carbocycles. The van der Waals surface area contributed by atoms with Crippen LogP contribution < -0.4 is 10.1 Å². The first kappa shape index (κ1) is 12.9. The summed E-state index contributed by atoms with van der Waals surface area (Å²) in [6.07, 6.45) is 1.75. The van der Waals surface area contributed by atoms with Crippen LogP contribution >= 0.6 is 0 Å². The summed E-state index contributed by atoms with van der Waals surface area (Å²) in [4.78, 5) is 4.29. The van der Waals surface area contributed by atoms with Gasteiger partial charge in [0.15, 0.2) is 0 Å². The molecule has 0 unspecified atom stereocenters. The number of hydrogen-bond acceptors (Lipinski definition) is 4. The van der Waals surface area contributed by atoms with Gasteiger partial charge in [-0.05, 0) is 25.6 Å². The predicted molar refractivity (Wildman–Crippen MR) is 63.6 cm³/mol. The molecule has 1 N–H and O–H groups in total. The van der Waals surface area contributed by atoms with Crippen molar-refractivity contribution in [1.82, 2.24) is 10.3 Å². The number of rotatable bonds is 8. The van der Waals surface area contributed by atoms with Crippen LogP contribution in [0, 0.1) is 0 Å². The van der Waals surface area contributed by atoms with Gasteiger partial charge in [-0.2, -0.15) is 0 Å². The van der Waals surface area contributed by atoms with Crippen molar-refractivity contribution in [2.24, 2.45) is 0 Å². The minimum absolute atomic E-state index is 0.572. The molecule has 16 heavy (non-hydrogen) atoms. The fraction of sp³-hybridized carbons (Fsp3) is 0.583. The summed E-state index contributed by atoms with van der Waals surface area (Å²) in [7, 11) is 0. The first-order chi connectivity index (χ1) is 7.86. The number of hydrogen-bond donors (Lipinski definition) is 1. The lowest BCUT2D eigenvalue weighted by Crippen LogP contribution is -2.12. The minimum Gasteiger partial charge on any atom is -0.490 e. The molecule has 4 heteroatoms. The Morgan fingerprint density at radius 2 is 2.12 bits per heavy atom. The summed E-state index contributed by atoms with van der Waals surface area (Å²) in [6.45, 7) is 7.72. The van der Waals surface area contributed by atoms with E-state index < -0.39 is 0 Å². The normalized spacial score (nSPS) is 10.4. The van der Waals surface area contributed by atoms with Crippen LogP contribution in [0.1, 0.15) is 19.5 Å². The lowest BCUT2D eigenvalue weighted by molar-refractivity contribution is 0.110. The largest absolute Gasteiger partial charge is 0.490 e. The maximum Gasteiger partial charge on any atom is 0.137 e. The highest BCUT2D eigenvalue weighted by Gasteiger charge is 1.96. The van der Waals surface area contributed by atoms with E-state index in [2.05, 4.69) is 17.2 Å². The lowest BCUT2D eigenvalue weighted by Gasteiger charge is -2.06. The van der Waals surface area contributed by atoms with E-state index in [0.29, 0.717) is 13.2 Å². The molecule has 0 spiro atoms. The molecule has 0 aromatic carbocycles. The molecular weight excluding hydrogens is 204 g/mol. The minimum atomic E-state index is 0.572. The van der Waals surface area contributed by atoms with Gasteiger partial charge in [0.25, 0.3) is 0 Å². The van der Waals surface area contributed by atoms with Crippen molar-refractivity contribution < 1.29 is 9.47 Å². The molecule has 1 aromatic heterocycles. The third kappa shape index (κ3) is 5.09. The number of nitrogens with one attached hydrogen (secondary N) is 1. The van der Waals surface area contributed by atoms with Gasteiger partial charge < -0.3 is 14.8 Å². The van der Waals surface area contributed by atoms with Crippen molar-refractivity contribution in [2.75, 3.05) is 26.4 Å². The van der Waals surface area contributed by atoms with E-state index in [9.17, 15) is 0 Å². The van der Waals surface area contributed by atoms with Gasteiger partial charge in [0.1, 0.15) is 12.4 Å². The molecule has 0 aliphatic heterocycles. The summed E-state index contributed by atoms with van der Waals surface area (Å²) in [5.74, 6) is 0.792. The highest BCUT2D eigenvalue weighted by molar-refractivity contribution is 5.19. The lowest BCUT2D eigenvalue weighted by atomic mass is 10.3. The number of nitrogens with zero attached hydrogens (tertiary/aromatic N) is 1. The van der Waals surface area contributed by atoms with Crippen LogP contribution in [0.3, 0.4) is 0 Å². The zero-order valence-electron chi connectivity index (χ0n) is 10.0. The molecule has 0 atom stereocenters. The SMILES string of the molecule is CCNCc1ccc(OCCOCC)cn1. The van der Waals surface area contributed by atoms with E-state index in [1.54, 1.807) is 6.20 Å². The van der Waals surface area contributed by atoms with Crippen LogP contribution in [-0.4, -0.2) is 31.3 Å². The topological polar surface area (TPSA) is 43.4 Å². The fourth-order valence-corrected chi connectivity index (χ4v) is 1.22. The third-order valence-electron chi connectivity index (χ3n) is 2.05. The molecule has 90 valence electrons. The molecule has 0 amide bonds. The van der Waals surface area contributed by atoms with Gasteiger partial charge in [-0.3, -0.25) is 4.98 Å². The Labute approximate surface area is 97.0 Å². The van der Waals surface area contributed by atoms with E-state index in [1.165, 1.54) is 0 Å². The molecule has 1 heterocycles. The monoisotopic (exact) mass is 224 g/mol. The van der Waals surface area contributed by atoms with Gasteiger partial charge in [0.05, 0.1) is 18.5 Å². The van der Waals surface area contributed by atoms with Crippen molar-refractivity contribution in [3.63, 3.8) is 0 Å². The number of pyridine rings is 1. The number of ether oxygens (including phenoxy) is 2. The second-order valence-electron chi connectivity index (χ2n) is 3.31. The Kier molecular flexibility index (Phi) is 6.53. The van der Waals surface area contributed by atoms with Crippen LogP contribution in [-0.2, 0) is 11.3 Å². The molecule has 0 saturated carbocycles. The van der Waals surface area contributed by atoms with Crippen LogP contribution in [0.5, 0.6) is 5.75 Å². The van der Waals surface area contributed by atoms with Crippen molar-refractivity contribution in [3.8, 4) is 5.75 Å². The molecule has 1 aromatic rings. The Balaban J connectivity index is 2.27. The van der Waals surface area contributed by atoms with Gasteiger partial charge >= 0.3 is 0 Å². The number of aromatic nitrogens is 1. The van der Waals surface area contributed by atoms with E-state index in [1.807, 2.05) is 19.1 Å². The van der Waals surface area contributed by atoms with Crippen LogP contribution in [0.15, 0.2) is 18.3 Å². The van der Waals surface area contributed by atoms with Gasteiger partial charge in [-0.15, -0.1) is 0 Å². The zero-order valence-corrected chi connectivity index (χ0v) is 10.0. The highest BCUT2D eigenvalue weighted by Crippen LogP contribution is 2.08. The molecule has 0 radical (unpaired) electrons. The summed E-state index contributed by atoms with van der Waals surface area (Å²) >= 11 is 0. The average Bonchev–Trinajstić information content (AvgIpc) is 2.33. The Morgan fingerprint density at radius 1 is 1.25 bits per heavy atom. The molecule has 1 rings (SSSR count). The van der Waals surface area contributed by atoms with Crippen LogP contribution in [0.25, 0.3) is 0 Å². The molecule has 4 nitrogen and oxygen atoms in total. The van der Waals surface area contributed by atoms with Crippen LogP contribution in [0.4, 0.5) is 0 Å². The average molecular weight is 224 g/mol. The van der Waals surface area contributed by atoms with Crippen molar-refractivity contribution in [1.29, 1.82) is 0 Å². The van der Waals surface area contributed by atoms with E-state index in [4.69, 9.17) is 9.47 Å². The Hall–Kier alpha value is -1.13. The van der Waals surface area contributed by atoms with Gasteiger partial charge in [-0.1, -0.05) is 6.92 Å². The van der Waals surface area contributed by atoms with Gasteiger partial charge in [0.2, 0.25) is 0 Å². The van der Waals surface area contributed by atoms with Crippen molar-refractivity contribution >= 4 is 0 Å². The predicted octanol–water partition coefficient (Wildman–Crippen LogP) is 1.61. The summed E-state index contributed by atoms with van der Waals surface area (Å²) < 4.78 is 10.6. The molecule has 0 fully saturated rings. The van der Waals surface area contributed by atoms with E-state index >= 15 is 0 Å². The van der Waals surface area contributed by atoms with E-state index in [0.717, 1.165) is 31.1 Å². The van der Waals surface area contributed by atoms with E-state index in [-0.39, 0.29) is 0 Å². The second-order valence-corrected chi connectivity index (χ2v) is 3.31. The molecule has 0 aliphatic rings.